The Labute approximate surface area is 166 Å². The Morgan fingerprint density at radius 2 is 2.00 bits per heavy atom. The molecule has 2 N–H and O–H groups in total. The number of carboxylic acid groups (broad SMARTS) is 1. The van der Waals surface area contributed by atoms with E-state index < -0.39 is 5.97 Å². The van der Waals surface area contributed by atoms with E-state index in [9.17, 15) is 9.90 Å². The predicted molar refractivity (Wildman–Crippen MR) is 102 cm³/mol. The van der Waals surface area contributed by atoms with Gasteiger partial charge in [0, 0.05) is 32.4 Å². The van der Waals surface area contributed by atoms with Crippen molar-refractivity contribution in [1.29, 1.82) is 0 Å². The summed E-state index contributed by atoms with van der Waals surface area (Å²) in [4.78, 5) is 11.9. The number of furan rings is 1. The number of aromatic nitrogens is 2. The van der Waals surface area contributed by atoms with Gasteiger partial charge in [0.15, 0.2) is 13.6 Å². The van der Waals surface area contributed by atoms with Crippen LogP contribution in [0.1, 0.15) is 16.1 Å². The number of aromatic carboxylic acids is 1. The van der Waals surface area contributed by atoms with Gasteiger partial charge in [0.05, 0.1) is 18.1 Å². The SMILES string of the molecule is COCOc1cc(Nc2ccnn2Cc2ccco2)c(C(=O)O)c(OCOC)c1. The van der Waals surface area contributed by atoms with E-state index in [2.05, 4.69) is 10.4 Å². The van der Waals surface area contributed by atoms with Crippen LogP contribution < -0.4 is 14.8 Å². The Bertz CT molecular complexity index is 937. The van der Waals surface area contributed by atoms with Crippen molar-refractivity contribution in [3.05, 3.63) is 54.1 Å². The number of hydrogen-bond acceptors (Lipinski definition) is 8. The van der Waals surface area contributed by atoms with E-state index >= 15 is 0 Å². The van der Waals surface area contributed by atoms with Crippen LogP contribution in [0.3, 0.4) is 0 Å². The number of nitrogens with zero attached hydrogens (tertiary/aromatic N) is 2. The minimum atomic E-state index is -1.17. The molecule has 154 valence electrons. The fraction of sp³-hybridized carbons (Fsp3) is 0.263. The number of methoxy groups -OCH3 is 2. The zero-order valence-corrected chi connectivity index (χ0v) is 16.0. The predicted octanol–water partition coefficient (Wildman–Crippen LogP) is 2.93. The van der Waals surface area contributed by atoms with Crippen LogP contribution in [0.4, 0.5) is 11.5 Å². The molecule has 2 aromatic heterocycles. The molecule has 0 bridgehead atoms. The second-order valence-electron chi connectivity index (χ2n) is 5.83. The molecule has 0 fully saturated rings. The largest absolute Gasteiger partial charge is 0.477 e. The summed E-state index contributed by atoms with van der Waals surface area (Å²) < 4.78 is 27.7. The molecule has 10 nitrogen and oxygen atoms in total. The second-order valence-corrected chi connectivity index (χ2v) is 5.83. The summed E-state index contributed by atoms with van der Waals surface area (Å²) in [5.41, 5.74) is 0.191. The Hall–Kier alpha value is -3.50. The molecule has 0 aliphatic rings. The molecule has 0 saturated carbocycles. The first-order chi connectivity index (χ1) is 14.1. The van der Waals surface area contributed by atoms with E-state index in [4.69, 9.17) is 23.4 Å². The van der Waals surface area contributed by atoms with Crippen LogP contribution in [0, 0.1) is 0 Å². The van der Waals surface area contributed by atoms with Gasteiger partial charge in [-0.25, -0.2) is 9.48 Å². The molecule has 0 saturated heterocycles. The van der Waals surface area contributed by atoms with E-state index in [1.807, 2.05) is 6.07 Å². The fourth-order valence-corrected chi connectivity index (χ4v) is 2.61. The molecule has 0 aliphatic heterocycles. The van der Waals surface area contributed by atoms with Crippen molar-refractivity contribution < 1.29 is 33.3 Å². The van der Waals surface area contributed by atoms with Gasteiger partial charge in [0.1, 0.15) is 35.2 Å². The van der Waals surface area contributed by atoms with Gasteiger partial charge in [-0.2, -0.15) is 5.10 Å². The first kappa shape index (κ1) is 20.2. The van der Waals surface area contributed by atoms with Gasteiger partial charge in [-0.1, -0.05) is 0 Å². The minimum Gasteiger partial charge on any atom is -0.477 e. The Morgan fingerprint density at radius 3 is 2.69 bits per heavy atom. The number of rotatable bonds is 11. The van der Waals surface area contributed by atoms with E-state index in [-0.39, 0.29) is 30.6 Å². The highest BCUT2D eigenvalue weighted by atomic mass is 16.7. The minimum absolute atomic E-state index is 0.00793. The van der Waals surface area contributed by atoms with Crippen LogP contribution >= 0.6 is 0 Å². The van der Waals surface area contributed by atoms with Crippen molar-refractivity contribution >= 4 is 17.5 Å². The average molecular weight is 403 g/mol. The number of carboxylic acids is 1. The third-order valence-corrected chi connectivity index (χ3v) is 3.83. The molecular weight excluding hydrogens is 382 g/mol. The van der Waals surface area contributed by atoms with Gasteiger partial charge in [0.25, 0.3) is 0 Å². The third-order valence-electron chi connectivity index (χ3n) is 3.83. The monoisotopic (exact) mass is 403 g/mol. The number of anilines is 2. The van der Waals surface area contributed by atoms with Gasteiger partial charge in [0.2, 0.25) is 0 Å². The Kier molecular flexibility index (Phi) is 6.72. The van der Waals surface area contributed by atoms with Crippen molar-refractivity contribution in [3.63, 3.8) is 0 Å². The smallest absolute Gasteiger partial charge is 0.341 e. The summed E-state index contributed by atoms with van der Waals surface area (Å²) in [5, 5.41) is 17.1. The lowest BCUT2D eigenvalue weighted by Crippen LogP contribution is -2.12. The maximum absolute atomic E-state index is 11.9. The lowest BCUT2D eigenvalue weighted by Gasteiger charge is -2.17. The average Bonchev–Trinajstić information content (AvgIpc) is 3.37. The van der Waals surface area contributed by atoms with Crippen molar-refractivity contribution in [1.82, 2.24) is 9.78 Å². The molecular formula is C19H21N3O7. The molecule has 29 heavy (non-hydrogen) atoms. The molecule has 2 heterocycles. The number of carbonyl (C=O) groups is 1. The van der Waals surface area contributed by atoms with Crippen molar-refractivity contribution in [2.45, 2.75) is 6.54 Å². The van der Waals surface area contributed by atoms with Crippen molar-refractivity contribution in [2.24, 2.45) is 0 Å². The van der Waals surface area contributed by atoms with E-state index in [1.54, 1.807) is 35.3 Å². The van der Waals surface area contributed by atoms with Crippen LogP contribution in [0.15, 0.2) is 47.2 Å². The summed E-state index contributed by atoms with van der Waals surface area (Å²) in [6.07, 6.45) is 3.17. The molecule has 0 spiro atoms. The first-order valence-electron chi connectivity index (χ1n) is 8.58. The van der Waals surface area contributed by atoms with E-state index in [0.29, 0.717) is 23.9 Å². The van der Waals surface area contributed by atoms with Gasteiger partial charge >= 0.3 is 5.97 Å². The van der Waals surface area contributed by atoms with Gasteiger partial charge < -0.3 is 33.8 Å². The van der Waals surface area contributed by atoms with Crippen molar-refractivity contribution in [2.75, 3.05) is 33.1 Å². The van der Waals surface area contributed by atoms with Crippen LogP contribution in [0.5, 0.6) is 11.5 Å². The molecule has 0 aliphatic carbocycles. The Balaban J connectivity index is 1.96. The lowest BCUT2D eigenvalue weighted by atomic mass is 10.1. The first-order valence-corrected chi connectivity index (χ1v) is 8.58. The van der Waals surface area contributed by atoms with Crippen LogP contribution in [0.25, 0.3) is 0 Å². The molecule has 10 heteroatoms. The summed E-state index contributed by atoms with van der Waals surface area (Å²) in [5.74, 6) is 0.547. The lowest BCUT2D eigenvalue weighted by molar-refractivity contribution is 0.0446. The highest BCUT2D eigenvalue weighted by Crippen LogP contribution is 2.34. The van der Waals surface area contributed by atoms with E-state index in [1.165, 1.54) is 20.3 Å². The quantitative estimate of drug-likeness (QED) is 0.466. The molecule has 3 rings (SSSR count). The topological polar surface area (TPSA) is 117 Å². The molecule has 0 radical (unpaired) electrons. The zero-order valence-electron chi connectivity index (χ0n) is 16.0. The molecule has 0 atom stereocenters. The van der Waals surface area contributed by atoms with Crippen LogP contribution in [-0.2, 0) is 16.0 Å². The molecule has 3 aromatic rings. The number of hydrogen-bond donors (Lipinski definition) is 2. The summed E-state index contributed by atoms with van der Waals surface area (Å²) in [6, 6.07) is 8.33. The number of nitrogens with one attached hydrogen (secondary N) is 1. The summed E-state index contributed by atoms with van der Waals surface area (Å²) in [7, 11) is 2.93. The summed E-state index contributed by atoms with van der Waals surface area (Å²) in [6.45, 7) is 0.244. The standard InChI is InChI=1S/C19H21N3O7/c1-25-11-28-14-8-15(18(19(23)24)16(9-14)29-12-26-2)21-17-5-6-20-22(17)10-13-4-3-7-27-13/h3-9,21H,10-12H2,1-2H3,(H,23,24). The molecule has 1 aromatic carbocycles. The zero-order chi connectivity index (χ0) is 20.6. The van der Waals surface area contributed by atoms with Gasteiger partial charge in [-0.15, -0.1) is 0 Å². The maximum Gasteiger partial charge on any atom is 0.341 e. The van der Waals surface area contributed by atoms with Crippen molar-refractivity contribution in [3.8, 4) is 11.5 Å². The molecule has 0 unspecified atom stereocenters. The molecule has 0 amide bonds. The van der Waals surface area contributed by atoms with Crippen LogP contribution in [-0.4, -0.2) is 48.7 Å². The highest BCUT2D eigenvalue weighted by molar-refractivity contribution is 5.98. The fourth-order valence-electron chi connectivity index (χ4n) is 2.61. The normalized spacial score (nSPS) is 10.7. The third kappa shape index (κ3) is 5.06. The Morgan fingerprint density at radius 1 is 1.21 bits per heavy atom. The van der Waals surface area contributed by atoms with Crippen LogP contribution in [0.2, 0.25) is 0 Å². The number of benzene rings is 1. The van der Waals surface area contributed by atoms with Gasteiger partial charge in [-0.3, -0.25) is 0 Å². The second kappa shape index (κ2) is 9.62. The van der Waals surface area contributed by atoms with E-state index in [0.717, 1.165) is 0 Å². The summed E-state index contributed by atoms with van der Waals surface area (Å²) >= 11 is 0. The maximum atomic E-state index is 11.9. The number of ether oxygens (including phenoxy) is 4. The highest BCUT2D eigenvalue weighted by Gasteiger charge is 2.21. The van der Waals surface area contributed by atoms with Gasteiger partial charge in [-0.05, 0) is 12.1 Å².